The molecule has 0 saturated heterocycles. The maximum absolute atomic E-state index is 14.8. The summed E-state index contributed by atoms with van der Waals surface area (Å²) in [7, 11) is 0. The van der Waals surface area contributed by atoms with E-state index in [1.54, 1.807) is 81.6 Å². The van der Waals surface area contributed by atoms with Crippen molar-refractivity contribution in [1.29, 1.82) is 0 Å². The Morgan fingerprint density at radius 2 is 0.943 bits per heavy atom. The average Bonchev–Trinajstić information content (AvgIpc) is 3.09. The fraction of sp³-hybridized carbons (Fsp3) is 0.492. The number of amides is 9. The lowest BCUT2D eigenvalue weighted by atomic mass is 10.0. The van der Waals surface area contributed by atoms with Crippen molar-refractivity contribution in [3.63, 3.8) is 0 Å². The number of carboxylic acids is 2. The third-order valence-electron chi connectivity index (χ3n) is 13.9. The van der Waals surface area contributed by atoms with E-state index in [0.29, 0.717) is 66.1 Å². The van der Waals surface area contributed by atoms with Crippen molar-refractivity contribution >= 4 is 76.2 Å². The van der Waals surface area contributed by atoms with E-state index in [1.807, 2.05) is 13.8 Å². The van der Waals surface area contributed by atoms with Gasteiger partial charge >= 0.3 is 18.0 Å². The number of aromatic amines is 1. The van der Waals surface area contributed by atoms with Crippen molar-refractivity contribution in [3.05, 3.63) is 102 Å². The number of aromatic hydroxyl groups is 1. The fourth-order valence-corrected chi connectivity index (χ4v) is 9.27. The fourth-order valence-electron chi connectivity index (χ4n) is 9.27. The summed E-state index contributed by atoms with van der Waals surface area (Å²) in [5.74, 6) is -10.1. The van der Waals surface area contributed by atoms with Gasteiger partial charge in [-0.05, 0) is 101 Å². The zero-order chi connectivity index (χ0) is 64.2. The molecule has 8 atom stereocenters. The highest BCUT2D eigenvalue weighted by molar-refractivity contribution is 5.99. The highest BCUT2D eigenvalue weighted by Crippen LogP contribution is 2.21. The van der Waals surface area contributed by atoms with Gasteiger partial charge in [0.1, 0.15) is 59.7 Å². The first-order chi connectivity index (χ1) is 41.3. The molecule has 0 radical (unpaired) electrons. The van der Waals surface area contributed by atoms with Crippen LogP contribution in [-0.2, 0) is 71.9 Å². The lowest BCUT2D eigenvalue weighted by Gasteiger charge is -2.28. The van der Waals surface area contributed by atoms with E-state index >= 15 is 0 Å². The van der Waals surface area contributed by atoms with E-state index in [1.165, 1.54) is 24.3 Å². The van der Waals surface area contributed by atoms with Gasteiger partial charge in [-0.25, -0.2) is 4.79 Å². The third kappa shape index (κ3) is 24.8. The lowest BCUT2D eigenvalue weighted by molar-refractivity contribution is -0.141. The smallest absolute Gasteiger partial charge is 0.408 e. The number of nitrogens with one attached hydrogen (secondary N) is 9. The number of hydrogen-bond donors (Lipinski definition) is 14. The third-order valence-corrected chi connectivity index (χ3v) is 13.9. The molecule has 9 amide bonds. The Morgan fingerprint density at radius 3 is 1.45 bits per heavy atom. The number of alkyl carbamates (subject to hydrolysis) is 1. The summed E-state index contributed by atoms with van der Waals surface area (Å²) in [5.41, 5.74) is 12.9. The first-order valence-corrected chi connectivity index (χ1v) is 29.2. The molecular weight excluding hydrogens is 1130 g/mol. The quantitative estimate of drug-likeness (QED) is 0.0289. The molecule has 0 fully saturated rings. The van der Waals surface area contributed by atoms with Gasteiger partial charge in [-0.2, -0.15) is 0 Å². The molecule has 0 unspecified atom stereocenters. The molecule has 0 aliphatic carbocycles. The van der Waals surface area contributed by atoms with Crippen LogP contribution in [0.2, 0.25) is 0 Å². The Balaban J connectivity index is 1.66. The summed E-state index contributed by atoms with van der Waals surface area (Å²) in [6.07, 6.45) is 0.923. The SMILES string of the molecule is CCCC[C@H](NC(=O)[C@H](Cc1c[nH]c2ccccc12)NC(=O)[C@@H](CCCCN)NC(=O)[C@H](CCCC)NC(=O)[C@H](Cc1ccc(O)cc1)NC(=O)[C@H](CCC(=O)O)NC(=O)OC(C)(C)C)C(=O)N[C@@H](CC(=O)O)C(=O)N[C@@H](Cc1ccccc1)C(N)=O. The highest BCUT2D eigenvalue weighted by Gasteiger charge is 2.36. The van der Waals surface area contributed by atoms with E-state index < -0.39 is 138 Å². The van der Waals surface area contributed by atoms with Crippen LogP contribution in [0.5, 0.6) is 5.75 Å². The Hall–Kier alpha value is -9.07. The summed E-state index contributed by atoms with van der Waals surface area (Å²) in [5, 5.41) is 50.8. The summed E-state index contributed by atoms with van der Waals surface area (Å²) < 4.78 is 5.31. The number of phenols is 1. The minimum Gasteiger partial charge on any atom is -0.508 e. The molecule has 0 bridgehead atoms. The van der Waals surface area contributed by atoms with Gasteiger partial charge in [0.05, 0.1) is 6.42 Å². The van der Waals surface area contributed by atoms with Crippen molar-refractivity contribution in [3.8, 4) is 5.75 Å². The second-order valence-electron chi connectivity index (χ2n) is 22.3. The number of fused-ring (bicyclic) bond motifs is 1. The number of H-pyrrole nitrogens is 1. The Morgan fingerprint density at radius 1 is 0.506 bits per heavy atom. The van der Waals surface area contributed by atoms with Gasteiger partial charge in [0.25, 0.3) is 0 Å². The maximum atomic E-state index is 14.8. The molecule has 1 aromatic heterocycles. The number of carboxylic acid groups (broad SMARTS) is 2. The Kier molecular flexibility index (Phi) is 28.7. The van der Waals surface area contributed by atoms with Crippen LogP contribution in [0.1, 0.15) is 128 Å². The van der Waals surface area contributed by atoms with Crippen LogP contribution in [0.25, 0.3) is 10.9 Å². The molecule has 474 valence electrons. The van der Waals surface area contributed by atoms with E-state index in [0.717, 1.165) is 0 Å². The largest absolute Gasteiger partial charge is 0.508 e. The summed E-state index contributed by atoms with van der Waals surface area (Å²) in [6, 6.07) is 9.90. The number of para-hydroxylation sites is 1. The maximum Gasteiger partial charge on any atom is 0.408 e. The van der Waals surface area contributed by atoms with E-state index in [-0.39, 0.29) is 50.8 Å². The number of phenolic OH excluding ortho intramolecular Hbond substituents is 1. The molecule has 16 N–H and O–H groups in total. The summed E-state index contributed by atoms with van der Waals surface area (Å²) >= 11 is 0. The number of primary amides is 1. The molecule has 26 nitrogen and oxygen atoms in total. The first-order valence-electron chi connectivity index (χ1n) is 29.2. The number of unbranched alkanes of at least 4 members (excludes halogenated alkanes) is 3. The number of hydrogen-bond acceptors (Lipinski definition) is 14. The van der Waals surface area contributed by atoms with Gasteiger partial charge in [-0.1, -0.05) is 100 Å². The molecule has 0 spiro atoms. The molecule has 1 heterocycles. The minimum atomic E-state index is -1.74. The first kappa shape index (κ1) is 70.4. The zero-order valence-electron chi connectivity index (χ0n) is 49.9. The molecule has 0 aliphatic heterocycles. The van der Waals surface area contributed by atoms with Crippen LogP contribution < -0.4 is 54.0 Å². The standard InChI is InChI=1S/C61H85N11O15/c1-6-8-20-42(66-57(83)47(32-37-24-26-39(73)27-25-37)69-56(82)45(28-29-50(74)75)72-60(86)87-61(3,4)5)53(79)65-44(23-15-16-30-62)55(81)70-48(33-38-35-64-41-22-14-13-19-40(38)41)58(84)67-43(21-9-7-2)54(80)71-49(34-51(76)77)59(85)68-46(52(63)78)31-36-17-11-10-12-18-36/h10-14,17-19,22,24-27,35,42-49,64,73H,6-9,15-16,20-21,23,28-34,62H2,1-5H3,(H2,63,78)(H,65,79)(H,66,83)(H,67,84)(H,68,85)(H,69,82)(H,70,81)(H,71,80)(H,72,86)(H,74,75)(H,76,77)/t42-,43-,44+,45-,46-,47-,48-,49-/m0/s1. The minimum absolute atomic E-state index is 0.00243. The van der Waals surface area contributed by atoms with Crippen molar-refractivity contribution in [2.75, 3.05) is 6.54 Å². The lowest BCUT2D eigenvalue weighted by Crippen LogP contribution is -2.61. The number of nitrogens with two attached hydrogens (primary N) is 2. The monoisotopic (exact) mass is 1210 g/mol. The van der Waals surface area contributed by atoms with Gasteiger partial charge in [-0.15, -0.1) is 0 Å². The average molecular weight is 1210 g/mol. The van der Waals surface area contributed by atoms with Gasteiger partial charge < -0.3 is 79.0 Å². The molecule has 4 rings (SSSR count). The number of ether oxygens (including phenoxy) is 1. The normalized spacial score (nSPS) is 14.0. The van der Waals surface area contributed by atoms with Gasteiger partial charge in [0.2, 0.25) is 47.3 Å². The number of aromatic nitrogens is 1. The molecular formula is C61H85N11O15. The molecule has 87 heavy (non-hydrogen) atoms. The summed E-state index contributed by atoms with van der Waals surface area (Å²) in [4.78, 5) is 153. The predicted octanol–water partition coefficient (Wildman–Crippen LogP) is 2.52. The second kappa shape index (κ2) is 35.4. The van der Waals surface area contributed by atoms with Gasteiger partial charge in [-0.3, -0.25) is 47.9 Å². The zero-order valence-corrected chi connectivity index (χ0v) is 49.9. The molecule has 0 saturated carbocycles. The van der Waals surface area contributed by atoms with Gasteiger partial charge in [0.15, 0.2) is 0 Å². The van der Waals surface area contributed by atoms with E-state index in [9.17, 15) is 68.1 Å². The van der Waals surface area contributed by atoms with Crippen LogP contribution in [0.4, 0.5) is 4.79 Å². The molecule has 0 aliphatic rings. The van der Waals surface area contributed by atoms with Crippen molar-refractivity contribution in [2.45, 2.75) is 185 Å². The van der Waals surface area contributed by atoms with Crippen LogP contribution in [0.3, 0.4) is 0 Å². The van der Waals surface area contributed by atoms with Crippen molar-refractivity contribution in [2.24, 2.45) is 11.5 Å². The number of rotatable bonds is 37. The van der Waals surface area contributed by atoms with Crippen LogP contribution >= 0.6 is 0 Å². The number of aliphatic carboxylic acids is 2. The Bertz CT molecular complexity index is 2970. The van der Waals surface area contributed by atoms with Crippen LogP contribution in [0.15, 0.2) is 85.1 Å². The number of benzene rings is 3. The van der Waals surface area contributed by atoms with Crippen LogP contribution in [0, 0.1) is 0 Å². The second-order valence-corrected chi connectivity index (χ2v) is 22.3. The molecule has 3 aromatic carbocycles. The Labute approximate surface area is 505 Å². The summed E-state index contributed by atoms with van der Waals surface area (Å²) in [6.45, 7) is 8.66. The number of carbonyl (C=O) groups excluding carboxylic acids is 9. The highest BCUT2D eigenvalue weighted by atomic mass is 16.6. The van der Waals surface area contributed by atoms with Gasteiger partial charge in [0, 0.05) is 42.8 Å². The van der Waals surface area contributed by atoms with Crippen LogP contribution in [-0.4, -0.2) is 146 Å². The molecule has 26 heteroatoms. The van der Waals surface area contributed by atoms with E-state index in [4.69, 9.17) is 16.2 Å². The molecule has 4 aromatic rings. The predicted molar refractivity (Wildman–Crippen MR) is 321 cm³/mol. The topological polar surface area (TPSA) is 422 Å². The van der Waals surface area contributed by atoms with Crippen molar-refractivity contribution < 1.29 is 72.8 Å². The van der Waals surface area contributed by atoms with Crippen molar-refractivity contribution in [1.82, 2.24) is 47.5 Å². The van der Waals surface area contributed by atoms with E-state index in [2.05, 4.69) is 47.5 Å². The number of carbonyl (C=O) groups is 11.